The third-order valence-corrected chi connectivity index (χ3v) is 2.56. The Bertz CT molecular complexity index is 342. The highest BCUT2D eigenvalue weighted by Crippen LogP contribution is 2.18. The second-order valence-electron chi connectivity index (χ2n) is 4.78. The van der Waals surface area contributed by atoms with Crippen molar-refractivity contribution in [2.45, 2.75) is 44.7 Å². The summed E-state index contributed by atoms with van der Waals surface area (Å²) >= 11 is 0. The third kappa shape index (κ3) is 4.42. The fourth-order valence-electron chi connectivity index (χ4n) is 1.68. The van der Waals surface area contributed by atoms with Crippen LogP contribution in [0.25, 0.3) is 0 Å². The van der Waals surface area contributed by atoms with Crippen molar-refractivity contribution in [1.82, 2.24) is 0 Å². The van der Waals surface area contributed by atoms with Crippen LogP contribution in [0.3, 0.4) is 0 Å². The minimum atomic E-state index is -2.05. The zero-order chi connectivity index (χ0) is 14.5. The standard InChI is InChI=1S/C11H20N2O5/c1-6(2)5-11(13,10(17)18)9(16)7(12)3-4-8(14)15/h6-7H,3-5,12-13H2,1-2H3,(H,14,15)(H,17,18)/t7-,11+/m0/s1. The lowest BCUT2D eigenvalue weighted by Gasteiger charge is -2.27. The molecule has 0 spiro atoms. The quantitative estimate of drug-likeness (QED) is 0.433. The fraction of sp³-hybridized carbons (Fsp3) is 0.727. The van der Waals surface area contributed by atoms with E-state index in [1.807, 2.05) is 0 Å². The number of carbonyl (C=O) groups is 3. The van der Waals surface area contributed by atoms with Gasteiger partial charge in [0.1, 0.15) is 0 Å². The maximum Gasteiger partial charge on any atom is 0.331 e. The van der Waals surface area contributed by atoms with Gasteiger partial charge in [0.15, 0.2) is 11.3 Å². The van der Waals surface area contributed by atoms with Crippen molar-refractivity contribution in [2.75, 3.05) is 0 Å². The van der Waals surface area contributed by atoms with Crippen LogP contribution in [0.1, 0.15) is 33.1 Å². The predicted octanol–water partition coefficient (Wildman–Crippen LogP) is -0.424. The molecule has 7 nitrogen and oxygen atoms in total. The molecule has 18 heavy (non-hydrogen) atoms. The van der Waals surface area contributed by atoms with Crippen LogP contribution in [0.5, 0.6) is 0 Å². The molecule has 7 heteroatoms. The Morgan fingerprint density at radius 1 is 1.22 bits per heavy atom. The van der Waals surface area contributed by atoms with Crippen molar-refractivity contribution in [2.24, 2.45) is 17.4 Å². The molecule has 0 aromatic rings. The van der Waals surface area contributed by atoms with Gasteiger partial charge in [-0.15, -0.1) is 0 Å². The van der Waals surface area contributed by atoms with E-state index in [1.165, 1.54) is 0 Å². The molecule has 2 atom stereocenters. The van der Waals surface area contributed by atoms with Crippen LogP contribution in [0.15, 0.2) is 0 Å². The Morgan fingerprint density at radius 3 is 2.06 bits per heavy atom. The highest BCUT2D eigenvalue weighted by Gasteiger charge is 2.44. The number of carboxylic acids is 2. The molecule has 0 saturated heterocycles. The Labute approximate surface area is 105 Å². The first kappa shape index (κ1) is 16.5. The molecule has 104 valence electrons. The van der Waals surface area contributed by atoms with Crippen molar-refractivity contribution in [3.05, 3.63) is 0 Å². The first-order chi connectivity index (χ1) is 8.11. The molecule has 0 bridgehead atoms. The SMILES string of the molecule is CC(C)C[C@](N)(C(=O)O)C(=O)[C@@H](N)CCC(=O)O. The van der Waals surface area contributed by atoms with Crippen molar-refractivity contribution in [3.63, 3.8) is 0 Å². The van der Waals surface area contributed by atoms with Crippen LogP contribution >= 0.6 is 0 Å². The summed E-state index contributed by atoms with van der Waals surface area (Å²) in [4.78, 5) is 33.4. The van der Waals surface area contributed by atoms with Crippen molar-refractivity contribution < 1.29 is 24.6 Å². The molecule has 0 aliphatic heterocycles. The topological polar surface area (TPSA) is 144 Å². The lowest BCUT2D eigenvalue weighted by Crippen LogP contribution is -2.60. The van der Waals surface area contributed by atoms with E-state index in [4.69, 9.17) is 21.7 Å². The normalized spacial score (nSPS) is 16.1. The lowest BCUT2D eigenvalue weighted by atomic mass is 9.82. The molecule has 0 fully saturated rings. The maximum atomic E-state index is 11.9. The second kappa shape index (κ2) is 6.46. The number of hydrogen-bond acceptors (Lipinski definition) is 5. The van der Waals surface area contributed by atoms with E-state index in [-0.39, 0.29) is 25.2 Å². The molecule has 0 aromatic heterocycles. The first-order valence-electron chi connectivity index (χ1n) is 5.65. The molecule has 0 rings (SSSR count). The van der Waals surface area contributed by atoms with Crippen LogP contribution in [0.2, 0.25) is 0 Å². The number of carboxylic acid groups (broad SMARTS) is 2. The molecule has 0 aromatic carbocycles. The van der Waals surface area contributed by atoms with E-state index in [9.17, 15) is 14.4 Å². The summed E-state index contributed by atoms with van der Waals surface area (Å²) < 4.78 is 0. The molecular weight excluding hydrogens is 240 g/mol. The molecule has 6 N–H and O–H groups in total. The van der Waals surface area contributed by atoms with Crippen LogP contribution in [-0.2, 0) is 14.4 Å². The molecule has 0 aliphatic rings. The number of nitrogens with two attached hydrogens (primary N) is 2. The molecule has 0 amide bonds. The fourth-order valence-corrected chi connectivity index (χ4v) is 1.68. The van der Waals surface area contributed by atoms with Gasteiger partial charge in [-0.3, -0.25) is 9.59 Å². The largest absolute Gasteiger partial charge is 0.481 e. The van der Waals surface area contributed by atoms with Gasteiger partial charge in [0, 0.05) is 6.42 Å². The Hall–Kier alpha value is -1.47. The Balaban J connectivity index is 4.86. The van der Waals surface area contributed by atoms with E-state index < -0.39 is 29.3 Å². The van der Waals surface area contributed by atoms with Gasteiger partial charge >= 0.3 is 11.9 Å². The van der Waals surface area contributed by atoms with Crippen LogP contribution in [-0.4, -0.2) is 39.5 Å². The number of rotatable bonds is 8. The minimum absolute atomic E-state index is 0.0397. The smallest absolute Gasteiger partial charge is 0.331 e. The van der Waals surface area contributed by atoms with Crippen LogP contribution in [0.4, 0.5) is 0 Å². The van der Waals surface area contributed by atoms with E-state index in [0.29, 0.717) is 0 Å². The average Bonchev–Trinajstić information content (AvgIpc) is 2.23. The average molecular weight is 260 g/mol. The maximum absolute atomic E-state index is 11.9. The molecular formula is C11H20N2O5. The summed E-state index contributed by atoms with van der Waals surface area (Å²) in [6.45, 7) is 3.47. The number of ketones is 1. The number of carbonyl (C=O) groups excluding carboxylic acids is 1. The zero-order valence-corrected chi connectivity index (χ0v) is 10.5. The summed E-state index contributed by atoms with van der Waals surface area (Å²) in [6, 6.07) is -1.18. The Kier molecular flexibility index (Phi) is 5.93. The van der Waals surface area contributed by atoms with Gasteiger partial charge < -0.3 is 21.7 Å². The Morgan fingerprint density at radius 2 is 1.72 bits per heavy atom. The van der Waals surface area contributed by atoms with Crippen molar-refractivity contribution in [3.8, 4) is 0 Å². The second-order valence-corrected chi connectivity index (χ2v) is 4.78. The number of Topliss-reactive ketones (excluding diaryl/α,β-unsaturated/α-hetero) is 1. The van der Waals surface area contributed by atoms with Crippen molar-refractivity contribution >= 4 is 17.7 Å². The molecule has 0 saturated carbocycles. The molecule has 0 aliphatic carbocycles. The summed E-state index contributed by atoms with van der Waals surface area (Å²) in [5.41, 5.74) is 9.08. The third-order valence-electron chi connectivity index (χ3n) is 2.56. The van der Waals surface area contributed by atoms with E-state index in [2.05, 4.69) is 0 Å². The van der Waals surface area contributed by atoms with E-state index in [0.717, 1.165) is 0 Å². The van der Waals surface area contributed by atoms with E-state index >= 15 is 0 Å². The first-order valence-corrected chi connectivity index (χ1v) is 5.65. The number of hydrogen-bond donors (Lipinski definition) is 4. The van der Waals surface area contributed by atoms with Gasteiger partial charge in [0.2, 0.25) is 0 Å². The summed E-state index contributed by atoms with van der Waals surface area (Å²) in [5.74, 6) is -3.46. The summed E-state index contributed by atoms with van der Waals surface area (Å²) in [5, 5.41) is 17.5. The van der Waals surface area contributed by atoms with Crippen LogP contribution in [0, 0.1) is 5.92 Å². The monoisotopic (exact) mass is 260 g/mol. The summed E-state index contributed by atoms with van der Waals surface area (Å²) in [7, 11) is 0. The van der Waals surface area contributed by atoms with Crippen molar-refractivity contribution in [1.29, 1.82) is 0 Å². The van der Waals surface area contributed by atoms with Gasteiger partial charge in [-0.1, -0.05) is 13.8 Å². The summed E-state index contributed by atoms with van der Waals surface area (Å²) in [6.07, 6.45) is -0.468. The lowest BCUT2D eigenvalue weighted by molar-refractivity contribution is -0.149. The highest BCUT2D eigenvalue weighted by atomic mass is 16.4. The van der Waals surface area contributed by atoms with Crippen LogP contribution < -0.4 is 11.5 Å². The predicted molar refractivity (Wildman–Crippen MR) is 63.9 cm³/mol. The van der Waals surface area contributed by atoms with Gasteiger partial charge in [-0.05, 0) is 18.8 Å². The minimum Gasteiger partial charge on any atom is -0.481 e. The number of aliphatic carboxylic acids is 2. The highest BCUT2D eigenvalue weighted by molar-refractivity contribution is 6.09. The van der Waals surface area contributed by atoms with Gasteiger partial charge in [-0.2, -0.15) is 0 Å². The van der Waals surface area contributed by atoms with Gasteiger partial charge in [0.25, 0.3) is 0 Å². The molecule has 0 heterocycles. The zero-order valence-electron chi connectivity index (χ0n) is 10.5. The van der Waals surface area contributed by atoms with E-state index in [1.54, 1.807) is 13.8 Å². The molecule has 0 unspecified atom stereocenters. The van der Waals surface area contributed by atoms with Gasteiger partial charge in [0.05, 0.1) is 6.04 Å². The molecule has 0 radical (unpaired) electrons. The van der Waals surface area contributed by atoms with Gasteiger partial charge in [-0.25, -0.2) is 4.79 Å².